The second-order valence-corrected chi connectivity index (χ2v) is 5.99. The minimum atomic E-state index is 0.500. The lowest BCUT2D eigenvalue weighted by Crippen LogP contribution is -2.36. The van der Waals surface area contributed by atoms with E-state index < -0.39 is 0 Å². The third-order valence-corrected chi connectivity index (χ3v) is 4.82. The average molecular weight is 252 g/mol. The normalized spacial score (nSPS) is 19.4. The maximum absolute atomic E-state index is 3.64. The molecule has 2 rings (SSSR count). The molecule has 1 atom stereocenters. The number of thiophene rings is 1. The van der Waals surface area contributed by atoms with Crippen LogP contribution in [0.1, 0.15) is 42.7 Å². The van der Waals surface area contributed by atoms with Crippen molar-refractivity contribution in [3.05, 3.63) is 21.9 Å². The van der Waals surface area contributed by atoms with Crippen LogP contribution in [0.15, 0.2) is 11.4 Å². The van der Waals surface area contributed by atoms with Gasteiger partial charge in [-0.05, 0) is 56.8 Å². The average Bonchev–Trinajstić information content (AvgIpc) is 2.77. The number of aryl methyl sites for hydroxylation is 1. The van der Waals surface area contributed by atoms with Gasteiger partial charge in [0.1, 0.15) is 0 Å². The zero-order valence-corrected chi connectivity index (χ0v) is 11.9. The molecule has 1 aromatic rings. The lowest BCUT2D eigenvalue weighted by atomic mass is 10.1. The van der Waals surface area contributed by atoms with Crippen LogP contribution in [0.25, 0.3) is 0 Å². The second-order valence-electron chi connectivity index (χ2n) is 5.05. The van der Waals surface area contributed by atoms with E-state index in [-0.39, 0.29) is 0 Å². The van der Waals surface area contributed by atoms with Crippen LogP contribution >= 0.6 is 11.3 Å². The highest BCUT2D eigenvalue weighted by atomic mass is 32.1. The molecular weight excluding hydrogens is 228 g/mol. The molecule has 0 saturated carbocycles. The van der Waals surface area contributed by atoms with Crippen LogP contribution in [0.3, 0.4) is 0 Å². The lowest BCUT2D eigenvalue weighted by molar-refractivity contribution is 0.227. The van der Waals surface area contributed by atoms with Gasteiger partial charge in [0, 0.05) is 24.0 Å². The van der Waals surface area contributed by atoms with E-state index in [0.717, 1.165) is 6.54 Å². The van der Waals surface area contributed by atoms with E-state index in [9.17, 15) is 0 Å². The Balaban J connectivity index is 1.69. The minimum Gasteiger partial charge on any atom is -0.308 e. The van der Waals surface area contributed by atoms with Crippen LogP contribution in [0.5, 0.6) is 0 Å². The van der Waals surface area contributed by atoms with Gasteiger partial charge in [0.2, 0.25) is 0 Å². The van der Waals surface area contributed by atoms with Crippen molar-refractivity contribution in [2.24, 2.45) is 0 Å². The number of nitrogens with one attached hydrogen (secondary N) is 1. The van der Waals surface area contributed by atoms with Crippen molar-refractivity contribution in [2.75, 3.05) is 26.2 Å². The van der Waals surface area contributed by atoms with E-state index in [1.165, 1.54) is 49.3 Å². The zero-order chi connectivity index (χ0) is 12.1. The zero-order valence-electron chi connectivity index (χ0n) is 11.0. The topological polar surface area (TPSA) is 15.3 Å². The Kier molecular flexibility index (Phi) is 5.01. The van der Waals surface area contributed by atoms with Gasteiger partial charge in [-0.2, -0.15) is 0 Å². The van der Waals surface area contributed by atoms with Crippen LogP contribution in [0.4, 0.5) is 0 Å². The number of nitrogens with zero attached hydrogens (tertiary/aromatic N) is 1. The molecule has 1 aliphatic rings. The quantitative estimate of drug-likeness (QED) is 0.866. The van der Waals surface area contributed by atoms with Gasteiger partial charge in [-0.1, -0.05) is 6.42 Å². The van der Waals surface area contributed by atoms with Crippen molar-refractivity contribution >= 4 is 11.3 Å². The molecule has 0 aliphatic carbocycles. The molecule has 17 heavy (non-hydrogen) atoms. The summed E-state index contributed by atoms with van der Waals surface area (Å²) in [6.45, 7) is 9.39. The largest absolute Gasteiger partial charge is 0.308 e. The van der Waals surface area contributed by atoms with Crippen molar-refractivity contribution in [1.82, 2.24) is 10.2 Å². The maximum Gasteiger partial charge on any atom is 0.0389 e. The summed E-state index contributed by atoms with van der Waals surface area (Å²) in [6.07, 6.45) is 4.20. The predicted molar refractivity (Wildman–Crippen MR) is 75.8 cm³/mol. The molecule has 2 heterocycles. The fraction of sp³-hybridized carbons (Fsp3) is 0.714. The highest BCUT2D eigenvalue weighted by Gasteiger charge is 2.11. The Hall–Kier alpha value is -0.380. The van der Waals surface area contributed by atoms with Crippen LogP contribution in [0.2, 0.25) is 0 Å². The summed E-state index contributed by atoms with van der Waals surface area (Å²) in [5.41, 5.74) is 1.42. The maximum atomic E-state index is 3.64. The summed E-state index contributed by atoms with van der Waals surface area (Å²) in [7, 11) is 0. The summed E-state index contributed by atoms with van der Waals surface area (Å²) >= 11 is 1.87. The lowest BCUT2D eigenvalue weighted by Gasteiger charge is -2.27. The molecule has 1 fully saturated rings. The van der Waals surface area contributed by atoms with Crippen LogP contribution in [-0.2, 0) is 0 Å². The van der Waals surface area contributed by atoms with Crippen molar-refractivity contribution < 1.29 is 0 Å². The fourth-order valence-electron chi connectivity index (χ4n) is 2.54. The number of hydrogen-bond donors (Lipinski definition) is 1. The second kappa shape index (κ2) is 6.53. The third kappa shape index (κ3) is 3.80. The van der Waals surface area contributed by atoms with E-state index >= 15 is 0 Å². The Bertz CT molecular complexity index is 329. The predicted octanol–water partition coefficient (Wildman–Crippen LogP) is 3.19. The Morgan fingerprint density at radius 2 is 2.12 bits per heavy atom. The van der Waals surface area contributed by atoms with Crippen molar-refractivity contribution in [3.63, 3.8) is 0 Å². The molecule has 1 aromatic heterocycles. The molecule has 0 bridgehead atoms. The van der Waals surface area contributed by atoms with Crippen LogP contribution in [-0.4, -0.2) is 31.1 Å². The van der Waals surface area contributed by atoms with Gasteiger partial charge in [-0.15, -0.1) is 11.3 Å². The smallest absolute Gasteiger partial charge is 0.0389 e. The van der Waals surface area contributed by atoms with Crippen molar-refractivity contribution in [3.8, 4) is 0 Å². The van der Waals surface area contributed by atoms with E-state index in [0.29, 0.717) is 6.04 Å². The SMILES string of the molecule is Cc1ccsc1C(C)NCCN1CCCCC1. The van der Waals surface area contributed by atoms with Gasteiger partial charge in [-0.25, -0.2) is 0 Å². The highest BCUT2D eigenvalue weighted by Crippen LogP contribution is 2.23. The summed E-state index contributed by atoms with van der Waals surface area (Å²) in [6, 6.07) is 2.71. The molecule has 0 radical (unpaired) electrons. The van der Waals surface area contributed by atoms with E-state index in [1.807, 2.05) is 11.3 Å². The van der Waals surface area contributed by atoms with Crippen molar-refractivity contribution in [1.29, 1.82) is 0 Å². The summed E-state index contributed by atoms with van der Waals surface area (Å²) in [5, 5.41) is 5.83. The first-order valence-electron chi connectivity index (χ1n) is 6.77. The van der Waals surface area contributed by atoms with E-state index in [2.05, 4.69) is 35.5 Å². The van der Waals surface area contributed by atoms with Gasteiger partial charge in [0.05, 0.1) is 0 Å². The summed E-state index contributed by atoms with van der Waals surface area (Å²) in [5.74, 6) is 0. The first-order valence-corrected chi connectivity index (χ1v) is 7.65. The highest BCUT2D eigenvalue weighted by molar-refractivity contribution is 7.10. The number of likely N-dealkylation sites (tertiary alicyclic amines) is 1. The molecule has 0 amide bonds. The monoisotopic (exact) mass is 252 g/mol. The molecule has 1 saturated heterocycles. The first-order chi connectivity index (χ1) is 8.27. The van der Waals surface area contributed by atoms with Gasteiger partial charge >= 0.3 is 0 Å². The molecular formula is C14H24N2S. The number of piperidine rings is 1. The molecule has 0 spiro atoms. The molecule has 1 unspecified atom stereocenters. The van der Waals surface area contributed by atoms with E-state index in [4.69, 9.17) is 0 Å². The molecule has 1 N–H and O–H groups in total. The molecule has 0 aromatic carbocycles. The summed E-state index contributed by atoms with van der Waals surface area (Å²) < 4.78 is 0. The van der Waals surface area contributed by atoms with Gasteiger partial charge in [-0.3, -0.25) is 0 Å². The number of hydrogen-bond acceptors (Lipinski definition) is 3. The third-order valence-electron chi connectivity index (χ3n) is 3.62. The Labute approximate surface area is 109 Å². The fourth-order valence-corrected chi connectivity index (χ4v) is 3.50. The van der Waals surface area contributed by atoms with Gasteiger partial charge in [0.15, 0.2) is 0 Å². The molecule has 2 nitrogen and oxygen atoms in total. The van der Waals surface area contributed by atoms with Gasteiger partial charge < -0.3 is 10.2 Å². The molecule has 3 heteroatoms. The van der Waals surface area contributed by atoms with E-state index in [1.54, 1.807) is 0 Å². The van der Waals surface area contributed by atoms with Crippen LogP contribution < -0.4 is 5.32 Å². The molecule has 96 valence electrons. The standard InChI is InChI=1S/C14H24N2S/c1-12-6-11-17-14(12)13(2)15-7-10-16-8-4-3-5-9-16/h6,11,13,15H,3-5,7-10H2,1-2H3. The van der Waals surface area contributed by atoms with Gasteiger partial charge in [0.25, 0.3) is 0 Å². The Morgan fingerprint density at radius 1 is 1.35 bits per heavy atom. The number of rotatable bonds is 5. The van der Waals surface area contributed by atoms with Crippen molar-refractivity contribution in [2.45, 2.75) is 39.2 Å². The summed E-state index contributed by atoms with van der Waals surface area (Å²) in [4.78, 5) is 4.08. The van der Waals surface area contributed by atoms with Crippen LogP contribution in [0, 0.1) is 6.92 Å². The molecule has 1 aliphatic heterocycles. The first kappa shape index (κ1) is 13.1. The Morgan fingerprint density at radius 3 is 2.76 bits per heavy atom. The minimum absolute atomic E-state index is 0.500.